The Bertz CT molecular complexity index is 2480. The summed E-state index contributed by atoms with van der Waals surface area (Å²) in [6, 6.07) is 53.6. The Kier molecular flexibility index (Phi) is 6.43. The first-order valence-electron chi connectivity index (χ1n) is 17.1. The molecule has 0 amide bonds. The second-order valence-corrected chi connectivity index (χ2v) is 12.9. The minimum Gasteiger partial charge on any atom is -0.457 e. The largest absolute Gasteiger partial charge is 0.457 e. The molecule has 10 rings (SSSR count). The third-order valence-electron chi connectivity index (χ3n) is 10.2. The van der Waals surface area contributed by atoms with Gasteiger partial charge in [-0.25, -0.2) is 9.97 Å². The van der Waals surface area contributed by atoms with E-state index in [-0.39, 0.29) is 0 Å². The molecule has 2 aliphatic heterocycles. The molecular formula is C46H31N3O. The van der Waals surface area contributed by atoms with Gasteiger partial charge >= 0.3 is 0 Å². The van der Waals surface area contributed by atoms with E-state index in [1.807, 2.05) is 18.2 Å². The monoisotopic (exact) mass is 641 g/mol. The van der Waals surface area contributed by atoms with Crippen LogP contribution in [-0.4, -0.2) is 16.5 Å². The van der Waals surface area contributed by atoms with E-state index >= 15 is 0 Å². The molecule has 3 aliphatic rings. The van der Waals surface area contributed by atoms with E-state index in [0.717, 1.165) is 68.5 Å². The second kappa shape index (κ2) is 11.3. The first-order valence-corrected chi connectivity index (χ1v) is 17.1. The molecule has 50 heavy (non-hydrogen) atoms. The van der Waals surface area contributed by atoms with Crippen LogP contribution in [0.1, 0.15) is 27.9 Å². The fourth-order valence-electron chi connectivity index (χ4n) is 8.06. The summed E-state index contributed by atoms with van der Waals surface area (Å²) in [5.41, 5.74) is 13.7. The molecule has 1 aromatic heterocycles. The molecule has 0 radical (unpaired) electrons. The number of dihydropyridines is 1. The van der Waals surface area contributed by atoms with E-state index in [1.54, 1.807) is 0 Å². The number of allylic oxidation sites excluding steroid dienone is 2. The molecule has 6 aromatic carbocycles. The lowest BCUT2D eigenvalue weighted by Crippen LogP contribution is -2.32. The van der Waals surface area contributed by atoms with Gasteiger partial charge in [-0.15, -0.1) is 0 Å². The maximum Gasteiger partial charge on any atom is 0.161 e. The Balaban J connectivity index is 1.17. The molecular weight excluding hydrogens is 611 g/mol. The van der Waals surface area contributed by atoms with Gasteiger partial charge in [-0.1, -0.05) is 146 Å². The molecule has 3 heterocycles. The van der Waals surface area contributed by atoms with E-state index in [0.29, 0.717) is 5.82 Å². The number of para-hydroxylation sites is 1. The maximum absolute atomic E-state index is 6.82. The lowest BCUT2D eigenvalue weighted by atomic mass is 9.66. The standard InChI is InChI=1S/C46H31N3O/c1-2-14-30(15-3-1)41-29-42(40-23-12-13-27-47-40)49-45(48-41)35-19-5-4-16-32(35)31-25-26-39-44(28-31)50-43-24-11-10-22-38(43)46(39)36-20-8-6-17-33(36)34-18-7-9-21-37(34)46/h1-26,28-29,47H,27H2. The number of rotatable bonds is 4. The van der Waals surface area contributed by atoms with Crippen LogP contribution in [0.3, 0.4) is 0 Å². The Hall–Kier alpha value is -6.52. The number of nitrogens with one attached hydrogen (secondary N) is 1. The highest BCUT2D eigenvalue weighted by atomic mass is 16.5. The first-order chi connectivity index (χ1) is 24.8. The zero-order chi connectivity index (χ0) is 33.1. The number of nitrogens with zero attached hydrogens (tertiary/aromatic N) is 2. The van der Waals surface area contributed by atoms with Gasteiger partial charge < -0.3 is 10.1 Å². The molecule has 0 fully saturated rings. The summed E-state index contributed by atoms with van der Waals surface area (Å²) in [4.78, 5) is 10.3. The topological polar surface area (TPSA) is 47.0 Å². The number of benzene rings is 6. The predicted octanol–water partition coefficient (Wildman–Crippen LogP) is 10.4. The average Bonchev–Trinajstić information content (AvgIpc) is 3.49. The predicted molar refractivity (Wildman–Crippen MR) is 201 cm³/mol. The van der Waals surface area contributed by atoms with Gasteiger partial charge in [0, 0.05) is 28.8 Å². The van der Waals surface area contributed by atoms with Crippen LogP contribution in [0.15, 0.2) is 170 Å². The molecule has 236 valence electrons. The van der Waals surface area contributed by atoms with Gasteiger partial charge in [0.2, 0.25) is 0 Å². The number of fused-ring (bicyclic) bond motifs is 9. The van der Waals surface area contributed by atoms with Gasteiger partial charge in [0.25, 0.3) is 0 Å². The lowest BCUT2D eigenvalue weighted by molar-refractivity contribution is 0.436. The summed E-state index contributed by atoms with van der Waals surface area (Å²) in [6.45, 7) is 0.761. The fourth-order valence-corrected chi connectivity index (χ4v) is 8.06. The highest BCUT2D eigenvalue weighted by molar-refractivity contribution is 5.90. The van der Waals surface area contributed by atoms with Crippen molar-refractivity contribution in [2.75, 3.05) is 6.54 Å². The van der Waals surface area contributed by atoms with Crippen molar-refractivity contribution in [3.63, 3.8) is 0 Å². The molecule has 1 spiro atoms. The highest BCUT2D eigenvalue weighted by Gasteiger charge is 2.50. The molecule has 0 saturated carbocycles. The summed E-state index contributed by atoms with van der Waals surface area (Å²) in [5, 5.41) is 3.49. The quantitative estimate of drug-likeness (QED) is 0.208. The molecule has 4 heteroatoms. The van der Waals surface area contributed by atoms with E-state index in [9.17, 15) is 0 Å². The van der Waals surface area contributed by atoms with E-state index in [1.165, 1.54) is 22.3 Å². The molecule has 1 N–H and O–H groups in total. The van der Waals surface area contributed by atoms with Crippen LogP contribution in [0.5, 0.6) is 11.5 Å². The van der Waals surface area contributed by atoms with Gasteiger partial charge in [-0.2, -0.15) is 0 Å². The Labute approximate surface area is 291 Å². The molecule has 0 bridgehead atoms. The summed E-state index contributed by atoms with van der Waals surface area (Å²) in [5.74, 6) is 2.40. The SMILES string of the molecule is C1=CCNC(c2cc(-c3ccccc3)nc(-c3ccccc3-c3ccc4c(c3)Oc3ccccc3C43c4ccccc4-c4ccccc43)n2)=C1. The van der Waals surface area contributed by atoms with Crippen LogP contribution >= 0.6 is 0 Å². The molecule has 0 saturated heterocycles. The number of ether oxygens (including phenoxy) is 1. The first kappa shape index (κ1) is 28.5. The van der Waals surface area contributed by atoms with Crippen LogP contribution in [0.2, 0.25) is 0 Å². The van der Waals surface area contributed by atoms with Crippen molar-refractivity contribution in [3.8, 4) is 56.4 Å². The molecule has 0 unspecified atom stereocenters. The zero-order valence-corrected chi connectivity index (χ0v) is 27.2. The third kappa shape index (κ3) is 4.25. The van der Waals surface area contributed by atoms with Crippen molar-refractivity contribution in [2.45, 2.75) is 5.41 Å². The number of hydrogen-bond donors (Lipinski definition) is 1. The van der Waals surface area contributed by atoms with Crippen LogP contribution in [0.4, 0.5) is 0 Å². The highest BCUT2D eigenvalue weighted by Crippen LogP contribution is 2.62. The average molecular weight is 642 g/mol. The van der Waals surface area contributed by atoms with Gasteiger partial charge in [-0.3, -0.25) is 0 Å². The van der Waals surface area contributed by atoms with Crippen molar-refractivity contribution < 1.29 is 4.74 Å². The summed E-state index contributed by atoms with van der Waals surface area (Å²) >= 11 is 0. The van der Waals surface area contributed by atoms with Crippen LogP contribution in [0.25, 0.3) is 50.6 Å². The van der Waals surface area contributed by atoms with Gasteiger partial charge in [0.15, 0.2) is 5.82 Å². The smallest absolute Gasteiger partial charge is 0.161 e. The van der Waals surface area contributed by atoms with Crippen molar-refractivity contribution in [3.05, 3.63) is 198 Å². The van der Waals surface area contributed by atoms with Gasteiger partial charge in [0.1, 0.15) is 11.5 Å². The molecule has 1 aliphatic carbocycles. The molecule has 4 nitrogen and oxygen atoms in total. The molecule has 0 atom stereocenters. The lowest BCUT2D eigenvalue weighted by Gasteiger charge is -2.39. The summed E-state index contributed by atoms with van der Waals surface area (Å²) < 4.78 is 6.82. The molecule has 7 aromatic rings. The van der Waals surface area contributed by atoms with E-state index in [4.69, 9.17) is 14.7 Å². The van der Waals surface area contributed by atoms with Crippen molar-refractivity contribution in [1.82, 2.24) is 15.3 Å². The maximum atomic E-state index is 6.82. The Morgan fingerprint density at radius 2 is 1.12 bits per heavy atom. The zero-order valence-electron chi connectivity index (χ0n) is 27.2. The van der Waals surface area contributed by atoms with Crippen molar-refractivity contribution in [1.29, 1.82) is 0 Å². The number of hydrogen-bond acceptors (Lipinski definition) is 4. The second-order valence-electron chi connectivity index (χ2n) is 12.9. The van der Waals surface area contributed by atoms with E-state index < -0.39 is 5.41 Å². The fraction of sp³-hybridized carbons (Fsp3) is 0.0435. The van der Waals surface area contributed by atoms with Crippen molar-refractivity contribution >= 4 is 5.70 Å². The van der Waals surface area contributed by atoms with Crippen LogP contribution in [0, 0.1) is 0 Å². The van der Waals surface area contributed by atoms with Gasteiger partial charge in [0.05, 0.1) is 22.5 Å². The normalized spacial score (nSPS) is 14.4. The third-order valence-corrected chi connectivity index (χ3v) is 10.2. The van der Waals surface area contributed by atoms with E-state index in [2.05, 4.69) is 157 Å². The number of aromatic nitrogens is 2. The van der Waals surface area contributed by atoms with Crippen LogP contribution in [-0.2, 0) is 5.41 Å². The van der Waals surface area contributed by atoms with Crippen LogP contribution < -0.4 is 10.1 Å². The van der Waals surface area contributed by atoms with Gasteiger partial charge in [-0.05, 0) is 57.7 Å². The minimum atomic E-state index is -0.493. The minimum absolute atomic E-state index is 0.493. The van der Waals surface area contributed by atoms with Crippen molar-refractivity contribution in [2.24, 2.45) is 0 Å². The summed E-state index contributed by atoms with van der Waals surface area (Å²) in [7, 11) is 0. The summed E-state index contributed by atoms with van der Waals surface area (Å²) in [6.07, 6.45) is 6.25. The Morgan fingerprint density at radius 1 is 0.500 bits per heavy atom. The Morgan fingerprint density at radius 3 is 1.86 bits per heavy atom.